The fourth-order valence-corrected chi connectivity index (χ4v) is 5.20. The number of halogens is 4. The number of carbonyl (C=O) groups is 1. The van der Waals surface area contributed by atoms with Crippen LogP contribution in [-0.4, -0.2) is 20.9 Å². The lowest BCUT2D eigenvalue weighted by atomic mass is 10.1. The van der Waals surface area contributed by atoms with Crippen molar-refractivity contribution in [1.29, 1.82) is 0 Å². The predicted octanol–water partition coefficient (Wildman–Crippen LogP) is 5.36. The Morgan fingerprint density at radius 2 is 1.75 bits per heavy atom. The van der Waals surface area contributed by atoms with Crippen molar-refractivity contribution in [2.24, 2.45) is 0 Å². The van der Waals surface area contributed by atoms with E-state index in [2.05, 4.69) is 5.32 Å². The summed E-state index contributed by atoms with van der Waals surface area (Å²) in [4.78, 5) is 12.2. The van der Waals surface area contributed by atoms with E-state index < -0.39 is 32.6 Å². The zero-order valence-corrected chi connectivity index (χ0v) is 17.9. The Bertz CT molecular complexity index is 1310. The standard InChI is InChI=1S/C22H16ClF3N2O3S/c23-17-4-2-5-18(13-17)27-21(29)15-8-7-14-9-10-28(20(14)11-15)32(30,31)19-6-1-3-16(12-19)22(24,25)26/h1-8,11-13H,9-10H2,(H,27,29). The summed E-state index contributed by atoms with van der Waals surface area (Å²) in [6.07, 6.45) is -4.29. The average molecular weight is 481 g/mol. The van der Waals surface area contributed by atoms with E-state index in [1.54, 1.807) is 36.4 Å². The van der Waals surface area contributed by atoms with Crippen molar-refractivity contribution in [1.82, 2.24) is 0 Å². The number of hydrogen-bond donors (Lipinski definition) is 1. The Balaban J connectivity index is 1.66. The molecule has 1 N–H and O–H groups in total. The van der Waals surface area contributed by atoms with Crippen molar-refractivity contribution in [2.75, 3.05) is 16.2 Å². The first kappa shape index (κ1) is 22.2. The number of rotatable bonds is 4. The fraction of sp³-hybridized carbons (Fsp3) is 0.136. The molecule has 0 fully saturated rings. The molecule has 0 atom stereocenters. The monoisotopic (exact) mass is 480 g/mol. The highest BCUT2D eigenvalue weighted by Crippen LogP contribution is 2.36. The SMILES string of the molecule is O=C(Nc1cccc(Cl)c1)c1ccc2c(c1)N(S(=O)(=O)c1cccc(C(F)(F)F)c1)CC2. The highest BCUT2D eigenvalue weighted by molar-refractivity contribution is 7.92. The van der Waals surface area contributed by atoms with E-state index >= 15 is 0 Å². The second-order valence-corrected chi connectivity index (χ2v) is 9.46. The zero-order valence-electron chi connectivity index (χ0n) is 16.4. The largest absolute Gasteiger partial charge is 0.416 e. The minimum Gasteiger partial charge on any atom is -0.322 e. The van der Waals surface area contributed by atoms with Gasteiger partial charge in [-0.1, -0.05) is 29.8 Å². The Kier molecular flexibility index (Phi) is 5.64. The number of hydrogen-bond acceptors (Lipinski definition) is 3. The summed E-state index contributed by atoms with van der Waals surface area (Å²) >= 11 is 5.92. The van der Waals surface area contributed by atoms with E-state index in [4.69, 9.17) is 11.6 Å². The second kappa shape index (κ2) is 8.14. The number of carbonyl (C=O) groups excluding carboxylic acids is 1. The van der Waals surface area contributed by atoms with Crippen LogP contribution in [0.25, 0.3) is 0 Å². The molecule has 0 spiro atoms. The predicted molar refractivity (Wildman–Crippen MR) is 116 cm³/mol. The highest BCUT2D eigenvalue weighted by atomic mass is 35.5. The first-order chi connectivity index (χ1) is 15.1. The van der Waals surface area contributed by atoms with Crippen molar-refractivity contribution >= 4 is 38.9 Å². The van der Waals surface area contributed by atoms with E-state index in [0.29, 0.717) is 28.8 Å². The first-order valence-corrected chi connectivity index (χ1v) is 11.3. The molecule has 1 amide bonds. The van der Waals surface area contributed by atoms with Gasteiger partial charge in [0.15, 0.2) is 0 Å². The van der Waals surface area contributed by atoms with Gasteiger partial charge in [-0.25, -0.2) is 8.42 Å². The smallest absolute Gasteiger partial charge is 0.322 e. The summed E-state index contributed by atoms with van der Waals surface area (Å²) in [5, 5.41) is 3.12. The molecular weight excluding hydrogens is 465 g/mol. The molecule has 1 heterocycles. The number of alkyl halides is 3. The van der Waals surface area contributed by atoms with Crippen molar-refractivity contribution in [3.63, 3.8) is 0 Å². The summed E-state index contributed by atoms with van der Waals surface area (Å²) in [6.45, 7) is 0.0628. The lowest BCUT2D eigenvalue weighted by Crippen LogP contribution is -2.29. The number of nitrogens with zero attached hydrogens (tertiary/aromatic N) is 1. The van der Waals surface area contributed by atoms with Crippen LogP contribution in [-0.2, 0) is 22.6 Å². The highest BCUT2D eigenvalue weighted by Gasteiger charge is 2.35. The van der Waals surface area contributed by atoms with Crippen LogP contribution in [0.3, 0.4) is 0 Å². The minimum atomic E-state index is -4.67. The molecule has 3 aromatic rings. The molecule has 4 rings (SSSR count). The van der Waals surface area contributed by atoms with Gasteiger partial charge in [0.05, 0.1) is 16.1 Å². The minimum absolute atomic E-state index is 0.0628. The van der Waals surface area contributed by atoms with Gasteiger partial charge in [-0.15, -0.1) is 0 Å². The van der Waals surface area contributed by atoms with Gasteiger partial charge in [-0.3, -0.25) is 9.10 Å². The van der Waals surface area contributed by atoms with Gasteiger partial charge in [0.2, 0.25) is 0 Å². The molecule has 1 aliphatic rings. The van der Waals surface area contributed by atoms with E-state index in [-0.39, 0.29) is 17.8 Å². The summed E-state index contributed by atoms with van der Waals surface area (Å²) < 4.78 is 66.5. The summed E-state index contributed by atoms with van der Waals surface area (Å²) in [6, 6.07) is 14.8. The van der Waals surface area contributed by atoms with Crippen molar-refractivity contribution in [3.8, 4) is 0 Å². The number of benzene rings is 3. The third-order valence-electron chi connectivity index (χ3n) is 5.03. The maximum atomic E-state index is 13.1. The quantitative estimate of drug-likeness (QED) is 0.546. The number of amides is 1. The Morgan fingerprint density at radius 1 is 1.00 bits per heavy atom. The lowest BCUT2D eigenvalue weighted by molar-refractivity contribution is -0.137. The van der Waals surface area contributed by atoms with Gasteiger partial charge < -0.3 is 5.32 Å². The summed E-state index contributed by atoms with van der Waals surface area (Å²) in [7, 11) is -4.26. The Labute approximate surface area is 187 Å². The molecule has 32 heavy (non-hydrogen) atoms. The molecular formula is C22H16ClF3N2O3S. The van der Waals surface area contributed by atoms with E-state index in [1.807, 2.05) is 0 Å². The Morgan fingerprint density at radius 3 is 2.47 bits per heavy atom. The number of fused-ring (bicyclic) bond motifs is 1. The number of anilines is 2. The number of sulfonamides is 1. The van der Waals surface area contributed by atoms with Gasteiger partial charge >= 0.3 is 6.18 Å². The lowest BCUT2D eigenvalue weighted by Gasteiger charge is -2.21. The van der Waals surface area contributed by atoms with Crippen LogP contribution in [0.15, 0.2) is 71.6 Å². The maximum Gasteiger partial charge on any atom is 0.416 e. The third kappa shape index (κ3) is 4.31. The summed E-state index contributed by atoms with van der Waals surface area (Å²) in [5.74, 6) is -0.474. The second-order valence-electron chi connectivity index (χ2n) is 7.16. The van der Waals surface area contributed by atoms with Crippen LogP contribution < -0.4 is 9.62 Å². The molecule has 0 bridgehead atoms. The van der Waals surface area contributed by atoms with Crippen LogP contribution in [0.5, 0.6) is 0 Å². The van der Waals surface area contributed by atoms with Crippen LogP contribution in [0, 0.1) is 0 Å². The molecule has 0 radical (unpaired) electrons. The Hall–Kier alpha value is -3.04. The molecule has 0 saturated heterocycles. The van der Waals surface area contributed by atoms with E-state index in [1.165, 1.54) is 6.07 Å². The molecule has 3 aromatic carbocycles. The van der Waals surface area contributed by atoms with Gasteiger partial charge in [0.25, 0.3) is 15.9 Å². The average Bonchev–Trinajstić information content (AvgIpc) is 3.17. The van der Waals surface area contributed by atoms with Crippen molar-refractivity contribution in [3.05, 3.63) is 88.4 Å². The van der Waals surface area contributed by atoms with E-state index in [9.17, 15) is 26.4 Å². The van der Waals surface area contributed by atoms with Gasteiger partial charge in [0.1, 0.15) is 0 Å². The molecule has 0 aliphatic carbocycles. The van der Waals surface area contributed by atoms with Crippen LogP contribution >= 0.6 is 11.6 Å². The molecule has 0 unspecified atom stereocenters. The van der Waals surface area contributed by atoms with Crippen molar-refractivity contribution in [2.45, 2.75) is 17.5 Å². The molecule has 1 aliphatic heterocycles. The zero-order chi connectivity index (χ0) is 23.1. The molecule has 0 saturated carbocycles. The molecule has 5 nitrogen and oxygen atoms in total. The van der Waals surface area contributed by atoms with Gasteiger partial charge in [0, 0.05) is 22.8 Å². The number of nitrogens with one attached hydrogen (secondary N) is 1. The normalized spacial score (nSPS) is 13.7. The van der Waals surface area contributed by atoms with Gasteiger partial charge in [-0.05, 0) is 60.5 Å². The van der Waals surface area contributed by atoms with Crippen LogP contribution in [0.4, 0.5) is 24.5 Å². The van der Waals surface area contributed by atoms with Crippen LogP contribution in [0.2, 0.25) is 5.02 Å². The maximum absolute atomic E-state index is 13.1. The third-order valence-corrected chi connectivity index (χ3v) is 7.08. The molecule has 10 heteroatoms. The first-order valence-electron chi connectivity index (χ1n) is 9.45. The molecule has 0 aromatic heterocycles. The molecule has 166 valence electrons. The topological polar surface area (TPSA) is 66.5 Å². The fourth-order valence-electron chi connectivity index (χ4n) is 3.47. The summed E-state index contributed by atoms with van der Waals surface area (Å²) in [5.41, 5.74) is 0.569. The van der Waals surface area contributed by atoms with E-state index in [0.717, 1.165) is 22.5 Å². The van der Waals surface area contributed by atoms with Crippen LogP contribution in [0.1, 0.15) is 21.5 Å². The van der Waals surface area contributed by atoms with Gasteiger partial charge in [-0.2, -0.15) is 13.2 Å². The van der Waals surface area contributed by atoms with Crippen molar-refractivity contribution < 1.29 is 26.4 Å².